The van der Waals surface area contributed by atoms with Crippen LogP contribution in [0.1, 0.15) is 12.5 Å². The molecule has 0 atom stereocenters. The Morgan fingerprint density at radius 1 is 1.12 bits per heavy atom. The standard InChI is InChI=1S/C18H28ClN5O.HI/c1-15(25)24-13-11-23(12-14-24)10-9-22-18(20-2)21-8-7-16-3-5-17(19)6-4-16;/h3-6H,7-14H2,1-2H3,(H2,20,21,22);1H. The molecule has 1 aliphatic heterocycles. The molecule has 1 heterocycles. The van der Waals surface area contributed by atoms with Crippen LogP contribution < -0.4 is 10.6 Å². The summed E-state index contributed by atoms with van der Waals surface area (Å²) in [6.45, 7) is 7.75. The number of amides is 1. The lowest BCUT2D eigenvalue weighted by molar-refractivity contribution is -0.130. The molecule has 1 aliphatic rings. The molecule has 0 saturated carbocycles. The van der Waals surface area contributed by atoms with E-state index in [2.05, 4.69) is 20.5 Å². The van der Waals surface area contributed by atoms with Crippen molar-refractivity contribution in [3.63, 3.8) is 0 Å². The van der Waals surface area contributed by atoms with E-state index in [4.69, 9.17) is 11.6 Å². The van der Waals surface area contributed by atoms with Gasteiger partial charge in [0.1, 0.15) is 0 Å². The molecule has 2 rings (SSSR count). The van der Waals surface area contributed by atoms with Gasteiger partial charge in [-0.15, -0.1) is 24.0 Å². The van der Waals surface area contributed by atoms with Gasteiger partial charge in [-0.1, -0.05) is 23.7 Å². The molecule has 26 heavy (non-hydrogen) atoms. The van der Waals surface area contributed by atoms with Gasteiger partial charge in [-0.05, 0) is 24.1 Å². The third-order valence-corrected chi connectivity index (χ3v) is 4.63. The SMILES string of the molecule is CN=C(NCCc1ccc(Cl)cc1)NCCN1CCN(C(C)=O)CC1.I. The molecule has 1 saturated heterocycles. The van der Waals surface area contributed by atoms with E-state index in [0.29, 0.717) is 0 Å². The summed E-state index contributed by atoms with van der Waals surface area (Å²) in [5.74, 6) is 0.986. The van der Waals surface area contributed by atoms with Crippen molar-refractivity contribution in [3.05, 3.63) is 34.9 Å². The summed E-state index contributed by atoms with van der Waals surface area (Å²) in [7, 11) is 1.78. The van der Waals surface area contributed by atoms with Gasteiger partial charge in [-0.25, -0.2) is 0 Å². The molecule has 0 bridgehead atoms. The van der Waals surface area contributed by atoms with Gasteiger partial charge in [-0.3, -0.25) is 14.7 Å². The third-order valence-electron chi connectivity index (χ3n) is 4.38. The molecule has 8 heteroatoms. The zero-order valence-electron chi connectivity index (χ0n) is 15.5. The quantitative estimate of drug-likeness (QED) is 0.361. The maximum atomic E-state index is 11.3. The normalized spacial score (nSPS) is 15.3. The van der Waals surface area contributed by atoms with Crippen molar-refractivity contribution in [3.8, 4) is 0 Å². The summed E-state index contributed by atoms with van der Waals surface area (Å²) in [5, 5.41) is 7.43. The van der Waals surface area contributed by atoms with E-state index in [9.17, 15) is 4.79 Å². The van der Waals surface area contributed by atoms with Crippen LogP contribution in [0.25, 0.3) is 0 Å². The highest BCUT2D eigenvalue weighted by Crippen LogP contribution is 2.09. The van der Waals surface area contributed by atoms with Gasteiger partial charge in [-0.2, -0.15) is 0 Å². The Kier molecular flexibility index (Phi) is 10.9. The van der Waals surface area contributed by atoms with Gasteiger partial charge in [0.2, 0.25) is 5.91 Å². The average molecular weight is 494 g/mol. The number of nitrogens with one attached hydrogen (secondary N) is 2. The summed E-state index contributed by atoms with van der Waals surface area (Å²) in [4.78, 5) is 19.9. The van der Waals surface area contributed by atoms with E-state index < -0.39 is 0 Å². The van der Waals surface area contributed by atoms with Crippen molar-refractivity contribution in [2.24, 2.45) is 4.99 Å². The third kappa shape index (κ3) is 8.09. The van der Waals surface area contributed by atoms with Gasteiger partial charge < -0.3 is 15.5 Å². The monoisotopic (exact) mass is 493 g/mol. The lowest BCUT2D eigenvalue weighted by Crippen LogP contribution is -2.50. The molecule has 6 nitrogen and oxygen atoms in total. The fourth-order valence-electron chi connectivity index (χ4n) is 2.82. The molecule has 2 N–H and O–H groups in total. The van der Waals surface area contributed by atoms with Gasteiger partial charge in [0.15, 0.2) is 5.96 Å². The topological polar surface area (TPSA) is 60.0 Å². The predicted molar refractivity (Wildman–Crippen MR) is 119 cm³/mol. The van der Waals surface area contributed by atoms with Crippen LogP contribution in [0.3, 0.4) is 0 Å². The summed E-state index contributed by atoms with van der Waals surface area (Å²) in [5.41, 5.74) is 1.25. The van der Waals surface area contributed by atoms with Crippen LogP contribution in [0.15, 0.2) is 29.3 Å². The summed E-state index contributed by atoms with van der Waals surface area (Å²) < 4.78 is 0. The number of benzene rings is 1. The molecule has 1 aromatic rings. The molecule has 0 aliphatic carbocycles. The smallest absolute Gasteiger partial charge is 0.219 e. The minimum atomic E-state index is 0. The summed E-state index contributed by atoms with van der Waals surface area (Å²) in [6.07, 6.45) is 0.922. The van der Waals surface area contributed by atoms with Crippen molar-refractivity contribution in [1.29, 1.82) is 0 Å². The minimum absolute atomic E-state index is 0. The Balaban J connectivity index is 0.00000338. The Hall–Kier alpha value is -1.06. The van der Waals surface area contributed by atoms with Crippen LogP contribution in [-0.4, -0.2) is 74.5 Å². The van der Waals surface area contributed by atoms with Crippen LogP contribution in [0.4, 0.5) is 0 Å². The predicted octanol–water partition coefficient (Wildman–Crippen LogP) is 1.83. The lowest BCUT2D eigenvalue weighted by Gasteiger charge is -2.34. The van der Waals surface area contributed by atoms with Gasteiger partial charge in [0.05, 0.1) is 0 Å². The number of carbonyl (C=O) groups excluding carboxylic acids is 1. The second-order valence-electron chi connectivity index (χ2n) is 6.15. The van der Waals surface area contributed by atoms with Gasteiger partial charge >= 0.3 is 0 Å². The first-order valence-electron chi connectivity index (χ1n) is 8.75. The number of hydrogen-bond acceptors (Lipinski definition) is 3. The molecule has 0 radical (unpaired) electrons. The number of aliphatic imine (C=N–C) groups is 1. The Morgan fingerprint density at radius 2 is 1.73 bits per heavy atom. The fraction of sp³-hybridized carbons (Fsp3) is 0.556. The molecule has 1 fully saturated rings. The van der Waals surface area contributed by atoms with Crippen molar-refractivity contribution in [2.75, 3.05) is 52.9 Å². The van der Waals surface area contributed by atoms with E-state index in [1.54, 1.807) is 14.0 Å². The first kappa shape index (κ1) is 23.0. The first-order valence-corrected chi connectivity index (χ1v) is 9.13. The highest BCUT2D eigenvalue weighted by Gasteiger charge is 2.17. The van der Waals surface area contributed by atoms with Crippen LogP contribution in [-0.2, 0) is 11.2 Å². The summed E-state index contributed by atoms with van der Waals surface area (Å²) in [6, 6.07) is 7.91. The number of carbonyl (C=O) groups is 1. The number of halogens is 2. The van der Waals surface area contributed by atoms with Crippen molar-refractivity contribution >= 4 is 47.4 Å². The van der Waals surface area contributed by atoms with Crippen LogP contribution in [0.5, 0.6) is 0 Å². The average Bonchev–Trinajstić information content (AvgIpc) is 2.62. The molecular weight excluding hydrogens is 465 g/mol. The molecule has 146 valence electrons. The van der Waals surface area contributed by atoms with Crippen molar-refractivity contribution < 1.29 is 4.79 Å². The summed E-state index contributed by atoms with van der Waals surface area (Å²) >= 11 is 5.90. The molecule has 0 unspecified atom stereocenters. The van der Waals surface area contributed by atoms with E-state index in [-0.39, 0.29) is 29.9 Å². The number of guanidine groups is 1. The maximum absolute atomic E-state index is 11.3. The molecule has 0 aromatic heterocycles. The van der Waals surface area contributed by atoms with Crippen molar-refractivity contribution in [2.45, 2.75) is 13.3 Å². The number of hydrogen-bond donors (Lipinski definition) is 2. The lowest BCUT2D eigenvalue weighted by atomic mass is 10.1. The Morgan fingerprint density at radius 3 is 2.31 bits per heavy atom. The van der Waals surface area contributed by atoms with Crippen molar-refractivity contribution in [1.82, 2.24) is 20.4 Å². The zero-order chi connectivity index (χ0) is 18.1. The zero-order valence-corrected chi connectivity index (χ0v) is 18.6. The van der Waals surface area contributed by atoms with Gasteiger partial charge in [0, 0.05) is 64.8 Å². The largest absolute Gasteiger partial charge is 0.356 e. The minimum Gasteiger partial charge on any atom is -0.356 e. The van der Waals surface area contributed by atoms with Crippen LogP contribution >= 0.6 is 35.6 Å². The van der Waals surface area contributed by atoms with E-state index in [0.717, 1.165) is 63.2 Å². The van der Waals surface area contributed by atoms with Crippen LogP contribution in [0.2, 0.25) is 5.02 Å². The van der Waals surface area contributed by atoms with E-state index in [1.807, 2.05) is 29.2 Å². The van der Waals surface area contributed by atoms with E-state index in [1.165, 1.54) is 5.56 Å². The number of rotatable bonds is 6. The molecular formula is C18H29ClIN5O. The second kappa shape index (κ2) is 12.3. The Bertz CT molecular complexity index is 573. The number of nitrogens with zero attached hydrogens (tertiary/aromatic N) is 3. The maximum Gasteiger partial charge on any atom is 0.219 e. The van der Waals surface area contributed by atoms with Crippen LogP contribution in [0, 0.1) is 0 Å². The first-order chi connectivity index (χ1) is 12.1. The highest BCUT2D eigenvalue weighted by molar-refractivity contribution is 14.0. The second-order valence-corrected chi connectivity index (χ2v) is 6.59. The fourth-order valence-corrected chi connectivity index (χ4v) is 2.94. The molecule has 1 amide bonds. The number of piperazine rings is 1. The van der Waals surface area contributed by atoms with Gasteiger partial charge in [0.25, 0.3) is 0 Å². The molecule has 1 aromatic carbocycles. The van der Waals surface area contributed by atoms with E-state index >= 15 is 0 Å². The highest BCUT2D eigenvalue weighted by atomic mass is 127. The molecule has 0 spiro atoms. The Labute approximate surface area is 178 Å².